The molecule has 206 valence electrons. The zero-order chi connectivity index (χ0) is 28.8. The van der Waals surface area contributed by atoms with Crippen LogP contribution in [0.4, 0.5) is 23.2 Å². The van der Waals surface area contributed by atoms with Gasteiger partial charge in [-0.1, -0.05) is 0 Å². The number of amides is 1. The third-order valence-corrected chi connectivity index (χ3v) is 5.74. The van der Waals surface area contributed by atoms with E-state index < -0.39 is 34.8 Å². The maximum absolute atomic E-state index is 15.0. The molecule has 40 heavy (non-hydrogen) atoms. The minimum atomic E-state index is -4.98. The van der Waals surface area contributed by atoms with Crippen LogP contribution in [-0.2, 0) is 6.18 Å². The molecule has 2 N–H and O–H groups in total. The predicted molar refractivity (Wildman–Crippen MR) is 134 cm³/mol. The summed E-state index contributed by atoms with van der Waals surface area (Å²) < 4.78 is 64.3. The first-order valence-corrected chi connectivity index (χ1v) is 11.8. The molecule has 0 saturated heterocycles. The fraction of sp³-hybridized carbons (Fsp3) is 0.200. The minimum absolute atomic E-state index is 0.136. The van der Waals surface area contributed by atoms with E-state index >= 15 is 0 Å². The molecule has 0 fully saturated rings. The zero-order valence-corrected chi connectivity index (χ0v) is 21.1. The number of H-pyrrole nitrogens is 1. The van der Waals surface area contributed by atoms with Crippen LogP contribution in [0.2, 0.25) is 0 Å². The van der Waals surface area contributed by atoms with Gasteiger partial charge in [0.2, 0.25) is 0 Å². The number of anilines is 1. The highest BCUT2D eigenvalue weighted by molar-refractivity contribution is 6.05. The molecular weight excluding hydrogens is 536 g/mol. The molecule has 15 heteroatoms. The van der Waals surface area contributed by atoms with E-state index in [1.807, 2.05) is 0 Å². The second kappa shape index (κ2) is 9.91. The highest BCUT2D eigenvalue weighted by atomic mass is 19.4. The summed E-state index contributed by atoms with van der Waals surface area (Å²) in [7, 11) is 0. The van der Waals surface area contributed by atoms with Gasteiger partial charge in [0, 0.05) is 42.5 Å². The number of aromatic nitrogens is 7. The maximum atomic E-state index is 15.0. The Morgan fingerprint density at radius 2 is 1.80 bits per heavy atom. The van der Waals surface area contributed by atoms with E-state index in [-0.39, 0.29) is 34.8 Å². The summed E-state index contributed by atoms with van der Waals surface area (Å²) in [6.07, 6.45) is -0.248. The second-order valence-electron chi connectivity index (χ2n) is 8.98. The Balaban J connectivity index is 1.42. The third kappa shape index (κ3) is 4.88. The van der Waals surface area contributed by atoms with Gasteiger partial charge < -0.3 is 10.1 Å². The van der Waals surface area contributed by atoms with Crippen LogP contribution in [0, 0.1) is 12.7 Å². The molecule has 5 rings (SSSR count). The van der Waals surface area contributed by atoms with Crippen LogP contribution >= 0.6 is 0 Å². The lowest BCUT2D eigenvalue weighted by atomic mass is 10.2. The van der Waals surface area contributed by atoms with E-state index in [4.69, 9.17) is 4.74 Å². The number of nitrogens with one attached hydrogen (secondary N) is 2. The van der Waals surface area contributed by atoms with Crippen LogP contribution in [0.25, 0.3) is 17.1 Å². The Labute approximate surface area is 222 Å². The van der Waals surface area contributed by atoms with Crippen LogP contribution in [0.3, 0.4) is 0 Å². The normalized spacial score (nSPS) is 11.8. The molecule has 0 aliphatic heterocycles. The molecule has 11 nitrogen and oxygen atoms in total. The Hall–Kier alpha value is -5.08. The molecule has 5 aromatic rings. The quantitative estimate of drug-likeness (QED) is 0.287. The lowest BCUT2D eigenvalue weighted by Crippen LogP contribution is -2.21. The number of benzene rings is 1. The summed E-state index contributed by atoms with van der Waals surface area (Å²) in [6.45, 7) is 5.23. The third-order valence-electron chi connectivity index (χ3n) is 5.74. The average molecular weight is 556 g/mol. The van der Waals surface area contributed by atoms with Gasteiger partial charge >= 0.3 is 11.9 Å². The van der Waals surface area contributed by atoms with Crippen molar-refractivity contribution in [1.29, 1.82) is 0 Å². The van der Waals surface area contributed by atoms with Crippen molar-refractivity contribution in [2.75, 3.05) is 5.32 Å². The number of hydrogen-bond acceptors (Lipinski definition) is 7. The summed E-state index contributed by atoms with van der Waals surface area (Å²) in [5.74, 6) is -2.58. The maximum Gasteiger partial charge on any atom is 0.434 e. The van der Waals surface area contributed by atoms with Gasteiger partial charge in [-0.05, 0) is 38.5 Å². The molecule has 0 aliphatic rings. The van der Waals surface area contributed by atoms with Crippen molar-refractivity contribution in [1.82, 2.24) is 34.3 Å². The van der Waals surface area contributed by atoms with Crippen molar-refractivity contribution < 1.29 is 27.1 Å². The number of carbonyl (C=O) groups excluding carboxylic acids is 1. The van der Waals surface area contributed by atoms with E-state index in [9.17, 15) is 27.2 Å². The van der Waals surface area contributed by atoms with Gasteiger partial charge in [0.05, 0.1) is 11.8 Å². The predicted octanol–water partition coefficient (Wildman–Crippen LogP) is 4.79. The largest absolute Gasteiger partial charge is 0.452 e. The van der Waals surface area contributed by atoms with E-state index in [2.05, 4.69) is 30.4 Å². The molecule has 4 aromatic heterocycles. The van der Waals surface area contributed by atoms with Crippen molar-refractivity contribution in [3.63, 3.8) is 0 Å². The van der Waals surface area contributed by atoms with Crippen LogP contribution in [-0.4, -0.2) is 40.2 Å². The van der Waals surface area contributed by atoms with Crippen LogP contribution in [0.1, 0.15) is 41.5 Å². The highest BCUT2D eigenvalue weighted by Gasteiger charge is 2.41. The van der Waals surface area contributed by atoms with Crippen molar-refractivity contribution in [2.45, 2.75) is 33.0 Å². The second-order valence-corrected chi connectivity index (χ2v) is 8.98. The summed E-state index contributed by atoms with van der Waals surface area (Å²) >= 11 is 0. The van der Waals surface area contributed by atoms with Gasteiger partial charge in [0.15, 0.2) is 28.7 Å². The number of aromatic amines is 1. The van der Waals surface area contributed by atoms with Gasteiger partial charge in [-0.15, -0.1) is 0 Å². The number of ether oxygens (including phenoxy) is 1. The zero-order valence-electron chi connectivity index (χ0n) is 21.1. The molecule has 0 radical (unpaired) electrons. The monoisotopic (exact) mass is 556 g/mol. The lowest BCUT2D eigenvalue weighted by molar-refractivity contribution is -0.143. The number of imidazole rings is 1. The first kappa shape index (κ1) is 26.5. The number of halogens is 4. The molecule has 4 heterocycles. The van der Waals surface area contributed by atoms with Crippen molar-refractivity contribution in [3.8, 4) is 17.4 Å². The van der Waals surface area contributed by atoms with E-state index in [0.717, 1.165) is 12.3 Å². The first-order chi connectivity index (χ1) is 18.9. The molecule has 0 spiro atoms. The van der Waals surface area contributed by atoms with Crippen LogP contribution in [0.15, 0.2) is 53.8 Å². The molecule has 0 atom stereocenters. The van der Waals surface area contributed by atoms with Gasteiger partial charge in [0.25, 0.3) is 11.9 Å². The van der Waals surface area contributed by atoms with Gasteiger partial charge in [-0.2, -0.15) is 23.0 Å². The number of fused-ring (bicyclic) bond motifs is 1. The van der Waals surface area contributed by atoms with Gasteiger partial charge in [0.1, 0.15) is 5.52 Å². The average Bonchev–Trinajstić information content (AvgIpc) is 3.48. The van der Waals surface area contributed by atoms with Gasteiger partial charge in [-0.25, -0.2) is 24.1 Å². The lowest BCUT2D eigenvalue weighted by Gasteiger charge is -2.13. The summed E-state index contributed by atoms with van der Waals surface area (Å²) in [4.78, 5) is 39.5. The minimum Gasteiger partial charge on any atom is -0.452 e. The first-order valence-electron chi connectivity index (χ1n) is 11.8. The molecule has 0 unspecified atom stereocenters. The Bertz CT molecular complexity index is 1790. The standard InChI is InChI=1S/C25H20F4N8O3/c1-12(2)36-19-18(6-7-30-21(19)35-24(36)39)40-17-5-4-14(8-16(17)26)34-22(38)15-11-33-37(20(15)25(27,28)29)23-31-9-13(3)10-32-23/h4-12H,1-3H3,(H,34,38)(H,30,35,39). The SMILES string of the molecule is Cc1cnc(-n2ncc(C(=O)Nc3ccc(Oc4ccnc5[nH]c(=O)n(C(C)C)c45)c(F)c3)c2C(F)(F)F)nc1. The van der Waals surface area contributed by atoms with Gasteiger partial charge in [-0.3, -0.25) is 14.3 Å². The summed E-state index contributed by atoms with van der Waals surface area (Å²) in [5.41, 5.74) is -1.56. The summed E-state index contributed by atoms with van der Waals surface area (Å²) in [5, 5.41) is 5.90. The number of rotatable bonds is 6. The van der Waals surface area contributed by atoms with E-state index in [0.29, 0.717) is 15.8 Å². The Kier molecular flexibility index (Phi) is 6.57. The number of hydrogen-bond donors (Lipinski definition) is 2. The molecule has 0 aliphatic carbocycles. The number of aryl methyl sites for hydroxylation is 1. The summed E-state index contributed by atoms with van der Waals surface area (Å²) in [6, 6.07) is 4.54. The fourth-order valence-electron chi connectivity index (χ4n) is 4.01. The van der Waals surface area contributed by atoms with Crippen molar-refractivity contribution in [2.24, 2.45) is 0 Å². The van der Waals surface area contributed by atoms with Crippen molar-refractivity contribution >= 4 is 22.8 Å². The number of alkyl halides is 3. The fourth-order valence-corrected chi connectivity index (χ4v) is 4.01. The van der Waals surface area contributed by atoms with Crippen LogP contribution in [0.5, 0.6) is 11.5 Å². The van der Waals surface area contributed by atoms with E-state index in [1.54, 1.807) is 20.8 Å². The smallest absolute Gasteiger partial charge is 0.434 e. The topological polar surface area (TPSA) is 133 Å². The molecule has 0 bridgehead atoms. The highest BCUT2D eigenvalue weighted by Crippen LogP contribution is 2.34. The molecule has 1 aromatic carbocycles. The number of carbonyl (C=O) groups is 1. The number of nitrogens with zero attached hydrogens (tertiary/aromatic N) is 6. The van der Waals surface area contributed by atoms with E-state index in [1.165, 1.54) is 41.4 Å². The van der Waals surface area contributed by atoms with Crippen LogP contribution < -0.4 is 15.7 Å². The molecule has 1 amide bonds. The Morgan fingerprint density at radius 3 is 2.45 bits per heavy atom. The molecule has 0 saturated carbocycles. The molecular formula is C25H20F4N8O3. The number of pyridine rings is 1. The Morgan fingerprint density at radius 1 is 1.07 bits per heavy atom. The van der Waals surface area contributed by atoms with Crippen molar-refractivity contribution in [3.05, 3.63) is 82.2 Å².